The van der Waals surface area contributed by atoms with Gasteiger partial charge in [-0.1, -0.05) is 26.7 Å². The van der Waals surface area contributed by atoms with Crippen molar-refractivity contribution in [3.63, 3.8) is 0 Å². The monoisotopic (exact) mass is 420 g/mol. The number of carbonyl (C=O) groups is 2. The maximum Gasteiger partial charge on any atom is 0.407 e. The summed E-state index contributed by atoms with van der Waals surface area (Å²) in [4.78, 5) is 25.7. The second-order valence-corrected chi connectivity index (χ2v) is 8.55. The molecule has 0 radical (unpaired) electrons. The van der Waals surface area contributed by atoms with E-state index in [4.69, 9.17) is 15.2 Å². The van der Waals surface area contributed by atoms with Crippen LogP contribution in [0.25, 0.3) is 0 Å². The van der Waals surface area contributed by atoms with Gasteiger partial charge in [0.2, 0.25) is 0 Å². The molecule has 0 bridgehead atoms. The molecule has 0 saturated carbocycles. The van der Waals surface area contributed by atoms with Crippen molar-refractivity contribution in [3.05, 3.63) is 0 Å². The van der Waals surface area contributed by atoms with Crippen LogP contribution in [-0.2, 0) is 9.47 Å². The summed E-state index contributed by atoms with van der Waals surface area (Å²) < 4.78 is 10.7. The largest absolute Gasteiger partial charge is 0.442 e. The fraction of sp³-hybridized carbons (Fsp3) is 0.905. The van der Waals surface area contributed by atoms with Gasteiger partial charge in [-0.2, -0.15) is 0 Å². The van der Waals surface area contributed by atoms with Crippen LogP contribution in [0.2, 0.25) is 0 Å². The number of unbranched alkanes of at least 4 members (excludes halogenated alkanes) is 3. The van der Waals surface area contributed by atoms with E-state index < -0.39 is 17.3 Å². The van der Waals surface area contributed by atoms with Crippen molar-refractivity contribution in [2.45, 2.75) is 91.4 Å². The number of amides is 2. The summed E-state index contributed by atoms with van der Waals surface area (Å²) in [7, 11) is 0. The number of ether oxygens (including phenoxy) is 2. The van der Waals surface area contributed by atoms with Gasteiger partial charge in [0.15, 0.2) is 0 Å². The lowest BCUT2D eigenvalue weighted by molar-refractivity contribution is 0.0279. The van der Waals surface area contributed by atoms with Crippen molar-refractivity contribution in [1.29, 1.82) is 0 Å². The van der Waals surface area contributed by atoms with E-state index in [1.807, 2.05) is 27.7 Å². The standard InChI is InChI=1S/C19H38N4O4.C2H6.2H2/c1-15-12-23(15)14-19(4,5)27-17(25)22-11-9-7-6-8-10-21-16(24)26-18(2,3)13-20;1-2;;/h15H,6-14,20H2,1-5H3,(H,21,24)(H,22,25);1-2H3;2*1H. The third-order valence-corrected chi connectivity index (χ3v) is 4.44. The van der Waals surface area contributed by atoms with E-state index in [1.165, 1.54) is 0 Å². The van der Waals surface area contributed by atoms with Crippen LogP contribution in [0.4, 0.5) is 9.59 Å². The molecule has 1 rings (SSSR count). The molecule has 2 amide bonds. The first kappa shape index (κ1) is 27.5. The van der Waals surface area contributed by atoms with E-state index >= 15 is 0 Å². The van der Waals surface area contributed by atoms with Crippen molar-refractivity contribution in [2.24, 2.45) is 5.73 Å². The fourth-order valence-corrected chi connectivity index (χ4v) is 2.63. The first-order chi connectivity index (χ1) is 13.5. The summed E-state index contributed by atoms with van der Waals surface area (Å²) in [5.41, 5.74) is 4.39. The summed E-state index contributed by atoms with van der Waals surface area (Å²) in [5, 5.41) is 5.52. The first-order valence-electron chi connectivity index (χ1n) is 10.9. The van der Waals surface area contributed by atoms with E-state index in [1.54, 1.807) is 13.8 Å². The Hall–Kier alpha value is -1.54. The zero-order chi connectivity index (χ0) is 22.5. The molecule has 0 spiro atoms. The number of rotatable bonds is 12. The molecule has 8 heteroatoms. The lowest BCUT2D eigenvalue weighted by atomic mass is 10.1. The summed E-state index contributed by atoms with van der Waals surface area (Å²) in [5.74, 6) is 0. The van der Waals surface area contributed by atoms with Gasteiger partial charge in [0.05, 0.1) is 0 Å². The number of nitrogens with two attached hydrogens (primary N) is 1. The normalized spacial score (nSPS) is 18.2. The van der Waals surface area contributed by atoms with Crippen LogP contribution in [0, 0.1) is 0 Å². The highest BCUT2D eigenvalue weighted by atomic mass is 16.6. The predicted molar refractivity (Wildman–Crippen MR) is 121 cm³/mol. The zero-order valence-electron chi connectivity index (χ0n) is 19.6. The van der Waals surface area contributed by atoms with Crippen molar-refractivity contribution < 1.29 is 21.9 Å². The molecule has 0 aromatic rings. The van der Waals surface area contributed by atoms with Gasteiger partial charge in [0, 0.05) is 41.6 Å². The Morgan fingerprint density at radius 3 is 1.76 bits per heavy atom. The van der Waals surface area contributed by atoms with Crippen LogP contribution in [0.15, 0.2) is 0 Å². The Labute approximate surface area is 180 Å². The van der Waals surface area contributed by atoms with Crippen molar-refractivity contribution in [1.82, 2.24) is 15.5 Å². The zero-order valence-corrected chi connectivity index (χ0v) is 19.6. The molecule has 176 valence electrons. The Kier molecular flexibility index (Phi) is 12.9. The van der Waals surface area contributed by atoms with Gasteiger partial charge in [-0.25, -0.2) is 9.59 Å². The van der Waals surface area contributed by atoms with E-state index in [2.05, 4.69) is 22.5 Å². The maximum atomic E-state index is 11.9. The molecule has 0 aliphatic carbocycles. The fourth-order valence-electron chi connectivity index (χ4n) is 2.63. The van der Waals surface area contributed by atoms with Gasteiger partial charge in [0.1, 0.15) is 11.2 Å². The minimum Gasteiger partial charge on any atom is -0.442 e. The average molecular weight is 421 g/mol. The van der Waals surface area contributed by atoms with Gasteiger partial charge in [0.25, 0.3) is 0 Å². The Bertz CT molecular complexity index is 494. The van der Waals surface area contributed by atoms with E-state index in [-0.39, 0.29) is 15.5 Å². The predicted octanol–water partition coefficient (Wildman–Crippen LogP) is 3.74. The molecule has 1 aliphatic heterocycles. The average Bonchev–Trinajstić information content (AvgIpc) is 3.31. The molecule has 1 aliphatic rings. The van der Waals surface area contributed by atoms with Gasteiger partial charge in [-0.05, 0) is 47.5 Å². The minimum absolute atomic E-state index is 0. The Balaban J connectivity index is -0.00000190. The molecular formula is C21H48N4O4. The topological polar surface area (TPSA) is 106 Å². The highest BCUT2D eigenvalue weighted by molar-refractivity contribution is 5.68. The third-order valence-electron chi connectivity index (χ3n) is 4.44. The molecule has 4 N–H and O–H groups in total. The highest BCUT2D eigenvalue weighted by Gasteiger charge is 2.36. The van der Waals surface area contributed by atoms with Crippen LogP contribution in [-0.4, -0.2) is 67.1 Å². The lowest BCUT2D eigenvalue weighted by Crippen LogP contribution is -2.40. The summed E-state index contributed by atoms with van der Waals surface area (Å²) >= 11 is 0. The molecule has 29 heavy (non-hydrogen) atoms. The second-order valence-electron chi connectivity index (χ2n) is 8.55. The van der Waals surface area contributed by atoms with E-state index in [0.717, 1.165) is 38.8 Å². The van der Waals surface area contributed by atoms with Gasteiger partial charge in [-0.3, -0.25) is 4.90 Å². The molecule has 8 nitrogen and oxygen atoms in total. The molecule has 1 fully saturated rings. The third kappa shape index (κ3) is 14.1. The smallest absolute Gasteiger partial charge is 0.407 e. The number of hydrogen-bond acceptors (Lipinski definition) is 6. The maximum absolute atomic E-state index is 11.9. The quantitative estimate of drug-likeness (QED) is 0.328. The molecule has 1 saturated heterocycles. The first-order valence-corrected chi connectivity index (χ1v) is 10.9. The lowest BCUT2D eigenvalue weighted by Gasteiger charge is -2.25. The Morgan fingerprint density at radius 1 is 0.966 bits per heavy atom. The van der Waals surface area contributed by atoms with Crippen molar-refractivity contribution >= 4 is 12.2 Å². The van der Waals surface area contributed by atoms with Crippen LogP contribution in [0.1, 0.15) is 77.0 Å². The van der Waals surface area contributed by atoms with Crippen molar-refractivity contribution in [3.8, 4) is 0 Å². The van der Waals surface area contributed by atoms with Crippen LogP contribution in [0.3, 0.4) is 0 Å². The number of nitrogens with zero attached hydrogens (tertiary/aromatic N) is 1. The Morgan fingerprint density at radius 2 is 1.38 bits per heavy atom. The molecule has 2 unspecified atom stereocenters. The molecule has 1 heterocycles. The van der Waals surface area contributed by atoms with Gasteiger partial charge >= 0.3 is 12.2 Å². The number of alkyl carbamates (subject to hydrolysis) is 2. The highest BCUT2D eigenvalue weighted by Crippen LogP contribution is 2.22. The summed E-state index contributed by atoms with van der Waals surface area (Å²) in [6.45, 7) is 16.9. The van der Waals surface area contributed by atoms with Crippen LogP contribution in [0.5, 0.6) is 0 Å². The van der Waals surface area contributed by atoms with Gasteiger partial charge in [-0.15, -0.1) is 0 Å². The molecule has 0 aromatic heterocycles. The SMILES string of the molecule is CC.CC1CN1CC(C)(C)OC(=O)NCCCCCCNC(=O)OC(C)(C)CN.[HH].[HH]. The molecule has 2 atom stereocenters. The summed E-state index contributed by atoms with van der Waals surface area (Å²) in [6.07, 6.45) is 2.89. The molecule has 0 aromatic carbocycles. The number of hydrogen-bond donors (Lipinski definition) is 3. The minimum atomic E-state index is -0.646. The van der Waals surface area contributed by atoms with Crippen LogP contribution < -0.4 is 16.4 Å². The second kappa shape index (κ2) is 13.6. The van der Waals surface area contributed by atoms with Crippen molar-refractivity contribution in [2.75, 3.05) is 32.7 Å². The van der Waals surface area contributed by atoms with E-state index in [0.29, 0.717) is 19.1 Å². The van der Waals surface area contributed by atoms with E-state index in [9.17, 15) is 9.59 Å². The van der Waals surface area contributed by atoms with Crippen LogP contribution >= 0.6 is 0 Å². The number of carbonyl (C=O) groups excluding carboxylic acids is 2. The van der Waals surface area contributed by atoms with Gasteiger partial charge < -0.3 is 25.8 Å². The number of nitrogens with one attached hydrogen (secondary N) is 2. The summed E-state index contributed by atoms with van der Waals surface area (Å²) in [6, 6.07) is 0.597. The molecular weight excluding hydrogens is 372 g/mol.